The largest absolute Gasteiger partial charge is 0.379 e. The highest BCUT2D eigenvalue weighted by atomic mass is 35.5. The number of benzene rings is 2. The molecule has 0 atom stereocenters. The van der Waals surface area contributed by atoms with Crippen LogP contribution in [-0.4, -0.2) is 4.92 Å². The van der Waals surface area contributed by atoms with Crippen LogP contribution in [0, 0.1) is 27.3 Å². The van der Waals surface area contributed by atoms with E-state index in [9.17, 15) is 14.5 Å². The number of hydrogen-bond acceptors (Lipinski definition) is 4. The monoisotopic (exact) mass is 305 g/mol. The molecule has 21 heavy (non-hydrogen) atoms. The third-order valence-electron chi connectivity index (χ3n) is 2.87. The van der Waals surface area contributed by atoms with Crippen LogP contribution in [0.3, 0.4) is 0 Å². The van der Waals surface area contributed by atoms with Crippen molar-refractivity contribution < 1.29 is 9.31 Å². The number of nitrogens with one attached hydrogen (secondary N) is 1. The lowest BCUT2D eigenvalue weighted by Crippen LogP contribution is -2.05. The fourth-order valence-electron chi connectivity index (χ4n) is 1.86. The van der Waals surface area contributed by atoms with Gasteiger partial charge in [0.1, 0.15) is 17.4 Å². The first kappa shape index (κ1) is 14.8. The van der Waals surface area contributed by atoms with Crippen LogP contribution in [0.15, 0.2) is 36.4 Å². The van der Waals surface area contributed by atoms with Gasteiger partial charge in [-0.25, -0.2) is 4.39 Å². The number of nitriles is 1. The van der Waals surface area contributed by atoms with Crippen molar-refractivity contribution in [1.29, 1.82) is 5.26 Å². The number of anilines is 1. The van der Waals surface area contributed by atoms with Crippen LogP contribution in [0.2, 0.25) is 5.02 Å². The van der Waals surface area contributed by atoms with Gasteiger partial charge in [0.2, 0.25) is 0 Å². The van der Waals surface area contributed by atoms with Crippen LogP contribution in [0.4, 0.5) is 15.8 Å². The highest BCUT2D eigenvalue weighted by Gasteiger charge is 2.17. The van der Waals surface area contributed by atoms with Gasteiger partial charge in [-0.1, -0.05) is 23.7 Å². The van der Waals surface area contributed by atoms with Crippen molar-refractivity contribution in [2.75, 3.05) is 5.32 Å². The zero-order valence-electron chi connectivity index (χ0n) is 10.6. The van der Waals surface area contributed by atoms with Gasteiger partial charge in [0.15, 0.2) is 0 Å². The van der Waals surface area contributed by atoms with Crippen LogP contribution in [0.25, 0.3) is 0 Å². The normalized spacial score (nSPS) is 9.95. The number of nitro benzene ring substituents is 1. The molecule has 5 nitrogen and oxygen atoms in total. The lowest BCUT2D eigenvalue weighted by Gasteiger charge is -2.10. The van der Waals surface area contributed by atoms with Crippen LogP contribution in [0.1, 0.15) is 11.1 Å². The third-order valence-corrected chi connectivity index (χ3v) is 3.23. The zero-order chi connectivity index (χ0) is 15.4. The third kappa shape index (κ3) is 3.09. The Bertz CT molecular complexity index is 743. The van der Waals surface area contributed by atoms with Gasteiger partial charge in [-0.2, -0.15) is 5.26 Å². The summed E-state index contributed by atoms with van der Waals surface area (Å²) in [6, 6.07) is 10.2. The molecule has 0 saturated heterocycles. The Hall–Kier alpha value is -2.65. The highest BCUT2D eigenvalue weighted by Crippen LogP contribution is 2.28. The van der Waals surface area contributed by atoms with Gasteiger partial charge in [-0.3, -0.25) is 10.1 Å². The molecule has 0 radical (unpaired) electrons. The molecule has 0 fully saturated rings. The Morgan fingerprint density at radius 3 is 2.71 bits per heavy atom. The van der Waals surface area contributed by atoms with E-state index in [0.29, 0.717) is 0 Å². The second kappa shape index (κ2) is 6.20. The standard InChI is InChI=1S/C14H9ClFN3O2/c15-11-3-1-6-14(19(20)21)10(11)8-18-13-5-2-4-12(16)9(13)7-17/h1-6,18H,8H2. The summed E-state index contributed by atoms with van der Waals surface area (Å²) >= 11 is 5.96. The predicted octanol–water partition coefficient (Wildman–Crippen LogP) is 3.87. The van der Waals surface area contributed by atoms with Crippen LogP contribution >= 0.6 is 11.6 Å². The maximum absolute atomic E-state index is 13.5. The summed E-state index contributed by atoms with van der Waals surface area (Å²) in [7, 11) is 0. The molecule has 0 aromatic heterocycles. The van der Waals surface area contributed by atoms with Crippen molar-refractivity contribution in [3.63, 3.8) is 0 Å². The summed E-state index contributed by atoms with van der Waals surface area (Å²) in [5.41, 5.74) is 0.251. The number of nitrogens with zero attached hydrogens (tertiary/aromatic N) is 2. The van der Waals surface area contributed by atoms with E-state index in [4.69, 9.17) is 16.9 Å². The van der Waals surface area contributed by atoms with Crippen molar-refractivity contribution in [3.8, 4) is 6.07 Å². The summed E-state index contributed by atoms with van der Waals surface area (Å²) in [5, 5.41) is 22.9. The van der Waals surface area contributed by atoms with E-state index >= 15 is 0 Å². The molecule has 0 aliphatic heterocycles. The molecule has 2 rings (SSSR count). The summed E-state index contributed by atoms with van der Waals surface area (Å²) in [4.78, 5) is 10.4. The molecule has 0 unspecified atom stereocenters. The minimum atomic E-state index is -0.656. The number of nitro groups is 1. The Kier molecular flexibility index (Phi) is 4.36. The van der Waals surface area contributed by atoms with E-state index in [2.05, 4.69) is 5.32 Å². The first-order valence-electron chi connectivity index (χ1n) is 5.89. The topological polar surface area (TPSA) is 79.0 Å². The molecule has 7 heteroatoms. The minimum absolute atomic E-state index is 0.00806. The van der Waals surface area contributed by atoms with Gasteiger partial charge < -0.3 is 5.32 Å². The molecular weight excluding hydrogens is 297 g/mol. The lowest BCUT2D eigenvalue weighted by molar-refractivity contribution is -0.385. The van der Waals surface area contributed by atoms with Crippen molar-refractivity contribution in [3.05, 3.63) is 68.5 Å². The van der Waals surface area contributed by atoms with Crippen LogP contribution < -0.4 is 5.32 Å². The predicted molar refractivity (Wildman–Crippen MR) is 76.5 cm³/mol. The molecule has 1 N–H and O–H groups in total. The van der Waals surface area contributed by atoms with Gasteiger partial charge >= 0.3 is 0 Å². The first-order chi connectivity index (χ1) is 10.0. The summed E-state index contributed by atoms with van der Waals surface area (Å²) in [5.74, 6) is -0.656. The molecule has 0 heterocycles. The minimum Gasteiger partial charge on any atom is -0.379 e. The van der Waals surface area contributed by atoms with Gasteiger partial charge in [0.25, 0.3) is 5.69 Å². The number of rotatable bonds is 4. The SMILES string of the molecule is N#Cc1c(F)cccc1NCc1c(Cl)cccc1[N+](=O)[O-]. The van der Waals surface area contributed by atoms with E-state index in [1.165, 1.54) is 36.4 Å². The van der Waals surface area contributed by atoms with Gasteiger partial charge in [0.05, 0.1) is 21.2 Å². The highest BCUT2D eigenvalue weighted by molar-refractivity contribution is 6.31. The van der Waals surface area contributed by atoms with E-state index in [0.717, 1.165) is 0 Å². The second-order valence-corrected chi connectivity index (χ2v) is 4.53. The Balaban J connectivity index is 2.32. The van der Waals surface area contributed by atoms with E-state index in [1.54, 1.807) is 6.07 Å². The molecular formula is C14H9ClFN3O2. The molecule has 2 aromatic rings. The molecule has 0 saturated carbocycles. The van der Waals surface area contributed by atoms with Crippen molar-refractivity contribution in [2.24, 2.45) is 0 Å². The summed E-state index contributed by atoms with van der Waals surface area (Å²) in [6.45, 7) is 0.00806. The van der Waals surface area contributed by atoms with Crippen molar-refractivity contribution >= 4 is 23.0 Å². The Labute approximate surface area is 124 Å². The number of hydrogen-bond donors (Lipinski definition) is 1. The van der Waals surface area contributed by atoms with Gasteiger partial charge in [-0.05, 0) is 18.2 Å². The van der Waals surface area contributed by atoms with Crippen LogP contribution in [0.5, 0.6) is 0 Å². The molecule has 0 aliphatic rings. The molecule has 0 spiro atoms. The average Bonchev–Trinajstić information content (AvgIpc) is 2.45. The van der Waals surface area contributed by atoms with Gasteiger partial charge in [-0.15, -0.1) is 0 Å². The lowest BCUT2D eigenvalue weighted by atomic mass is 10.1. The Morgan fingerprint density at radius 2 is 2.05 bits per heavy atom. The van der Waals surface area contributed by atoms with Crippen molar-refractivity contribution in [2.45, 2.75) is 6.54 Å². The maximum atomic E-state index is 13.5. The van der Waals surface area contributed by atoms with Crippen LogP contribution in [-0.2, 0) is 6.54 Å². The molecule has 0 amide bonds. The quantitative estimate of drug-likeness (QED) is 0.687. The molecule has 2 aromatic carbocycles. The second-order valence-electron chi connectivity index (χ2n) is 4.12. The fraction of sp³-hybridized carbons (Fsp3) is 0.0714. The van der Waals surface area contributed by atoms with Gasteiger partial charge in [0, 0.05) is 12.6 Å². The van der Waals surface area contributed by atoms with E-state index in [-0.39, 0.29) is 34.1 Å². The molecule has 106 valence electrons. The maximum Gasteiger partial charge on any atom is 0.275 e. The van der Waals surface area contributed by atoms with E-state index in [1.807, 2.05) is 0 Å². The fourth-order valence-corrected chi connectivity index (χ4v) is 2.10. The average molecular weight is 306 g/mol. The summed E-state index contributed by atoms with van der Waals surface area (Å²) in [6.07, 6.45) is 0. The Morgan fingerprint density at radius 1 is 1.33 bits per heavy atom. The molecule has 0 aliphatic carbocycles. The summed E-state index contributed by atoms with van der Waals surface area (Å²) < 4.78 is 13.5. The zero-order valence-corrected chi connectivity index (χ0v) is 11.4. The van der Waals surface area contributed by atoms with Crippen molar-refractivity contribution in [1.82, 2.24) is 0 Å². The number of halogens is 2. The van der Waals surface area contributed by atoms with E-state index < -0.39 is 10.7 Å². The first-order valence-corrected chi connectivity index (χ1v) is 6.26. The smallest absolute Gasteiger partial charge is 0.275 e. The molecule has 0 bridgehead atoms.